The number of carbonyl (C=O) groups excluding carboxylic acids is 1. The molecule has 6 heteroatoms. The highest BCUT2D eigenvalue weighted by atomic mass is 32.1. The molecule has 1 aliphatic rings. The molecule has 1 aromatic heterocycles. The summed E-state index contributed by atoms with van der Waals surface area (Å²) in [7, 11) is 0. The van der Waals surface area contributed by atoms with Gasteiger partial charge in [-0.3, -0.25) is 9.69 Å². The van der Waals surface area contributed by atoms with E-state index < -0.39 is 6.10 Å². The summed E-state index contributed by atoms with van der Waals surface area (Å²) in [4.78, 5) is 19.0. The van der Waals surface area contributed by atoms with Gasteiger partial charge in [0.2, 0.25) is 5.91 Å². The Balaban J connectivity index is 1.47. The fraction of sp³-hybridized carbons (Fsp3) is 0.414. The Kier molecular flexibility index (Phi) is 8.60. The molecule has 0 saturated carbocycles. The number of benzene rings is 2. The zero-order chi connectivity index (χ0) is 24.8. The van der Waals surface area contributed by atoms with Gasteiger partial charge in [0.15, 0.2) is 0 Å². The number of aliphatic hydroxyl groups excluding tert-OH is 1. The molecule has 0 radical (unpaired) electrons. The van der Waals surface area contributed by atoms with E-state index >= 15 is 0 Å². The van der Waals surface area contributed by atoms with Crippen molar-refractivity contribution in [2.75, 3.05) is 32.8 Å². The van der Waals surface area contributed by atoms with Crippen molar-refractivity contribution < 1.29 is 14.6 Å². The molecule has 186 valence electrons. The van der Waals surface area contributed by atoms with Gasteiger partial charge >= 0.3 is 0 Å². The van der Waals surface area contributed by atoms with Crippen molar-refractivity contribution in [2.24, 2.45) is 0 Å². The summed E-state index contributed by atoms with van der Waals surface area (Å²) in [6.07, 6.45) is 1.17. The van der Waals surface area contributed by atoms with Crippen molar-refractivity contribution in [2.45, 2.75) is 45.8 Å². The van der Waals surface area contributed by atoms with Crippen LogP contribution >= 0.6 is 11.3 Å². The molecule has 1 amide bonds. The second-order valence-electron chi connectivity index (χ2n) is 9.39. The number of nitrogens with zero attached hydrogens (tertiary/aromatic N) is 2. The monoisotopic (exact) mass is 492 g/mol. The molecule has 4 rings (SSSR count). The van der Waals surface area contributed by atoms with Gasteiger partial charge in [0, 0.05) is 18.0 Å². The Labute approximate surface area is 213 Å². The van der Waals surface area contributed by atoms with E-state index in [1.54, 1.807) is 11.3 Å². The minimum atomic E-state index is -0.621. The lowest BCUT2D eigenvalue weighted by atomic mass is 10.00. The van der Waals surface area contributed by atoms with E-state index in [-0.39, 0.29) is 18.5 Å². The van der Waals surface area contributed by atoms with E-state index in [4.69, 9.17) is 4.74 Å². The van der Waals surface area contributed by atoms with E-state index in [0.29, 0.717) is 19.7 Å². The van der Waals surface area contributed by atoms with Gasteiger partial charge in [-0.05, 0) is 67.4 Å². The molecule has 0 aliphatic carbocycles. The number of ether oxygens (including phenoxy) is 1. The third-order valence-corrected chi connectivity index (χ3v) is 7.65. The van der Waals surface area contributed by atoms with Gasteiger partial charge < -0.3 is 14.7 Å². The normalized spacial score (nSPS) is 16.3. The molecule has 1 N–H and O–H groups in total. The van der Waals surface area contributed by atoms with Crippen LogP contribution in [-0.2, 0) is 11.2 Å². The maximum atomic E-state index is 13.6. The summed E-state index contributed by atoms with van der Waals surface area (Å²) in [5.74, 6) is 0.953. The van der Waals surface area contributed by atoms with Gasteiger partial charge in [-0.1, -0.05) is 55.0 Å². The molecule has 2 unspecified atom stereocenters. The summed E-state index contributed by atoms with van der Waals surface area (Å²) >= 11 is 1.76. The molecule has 1 aliphatic heterocycles. The third kappa shape index (κ3) is 6.31. The molecular formula is C29H36N2O3S. The minimum Gasteiger partial charge on any atom is -0.491 e. The second-order valence-corrected chi connectivity index (χ2v) is 10.4. The number of fused-ring (bicyclic) bond motifs is 1. The van der Waals surface area contributed by atoms with Crippen LogP contribution < -0.4 is 4.74 Å². The minimum absolute atomic E-state index is 0.0878. The molecular weight excluding hydrogens is 456 g/mol. The van der Waals surface area contributed by atoms with Crippen molar-refractivity contribution >= 4 is 17.2 Å². The Bertz CT molecular complexity index is 1110. The summed E-state index contributed by atoms with van der Waals surface area (Å²) in [5.41, 5.74) is 4.39. The first-order chi connectivity index (χ1) is 17.0. The van der Waals surface area contributed by atoms with Crippen LogP contribution in [0.15, 0.2) is 60.0 Å². The van der Waals surface area contributed by atoms with E-state index in [1.165, 1.54) is 16.0 Å². The summed E-state index contributed by atoms with van der Waals surface area (Å²) in [6.45, 7) is 8.84. The lowest BCUT2D eigenvalue weighted by molar-refractivity contribution is -0.136. The fourth-order valence-electron chi connectivity index (χ4n) is 4.86. The van der Waals surface area contributed by atoms with Crippen LogP contribution in [0.4, 0.5) is 0 Å². The maximum Gasteiger partial charge on any atom is 0.237 e. The van der Waals surface area contributed by atoms with E-state index in [0.717, 1.165) is 36.3 Å². The Morgan fingerprint density at radius 3 is 2.74 bits per heavy atom. The number of thiophene rings is 1. The van der Waals surface area contributed by atoms with Gasteiger partial charge in [0.1, 0.15) is 12.4 Å². The Morgan fingerprint density at radius 2 is 2.00 bits per heavy atom. The second kappa shape index (κ2) is 11.8. The third-order valence-electron chi connectivity index (χ3n) is 6.66. The zero-order valence-electron chi connectivity index (χ0n) is 20.9. The van der Waals surface area contributed by atoms with Crippen molar-refractivity contribution in [3.05, 3.63) is 87.1 Å². The van der Waals surface area contributed by atoms with E-state index in [1.807, 2.05) is 41.3 Å². The lowest BCUT2D eigenvalue weighted by Crippen LogP contribution is -2.47. The SMILES string of the molecule is CCCN(CC(=O)N1CCc2sccc2C1COc1ccc(C)cc1C)CC(O)c1ccccc1. The molecule has 0 spiro atoms. The van der Waals surface area contributed by atoms with Crippen LogP contribution in [0.1, 0.15) is 52.6 Å². The smallest absolute Gasteiger partial charge is 0.237 e. The summed E-state index contributed by atoms with van der Waals surface area (Å²) in [5, 5.41) is 12.9. The molecule has 0 bridgehead atoms. The number of hydrogen-bond acceptors (Lipinski definition) is 5. The zero-order valence-corrected chi connectivity index (χ0v) is 21.8. The first-order valence-electron chi connectivity index (χ1n) is 12.5. The van der Waals surface area contributed by atoms with Crippen LogP contribution in [0.5, 0.6) is 5.75 Å². The summed E-state index contributed by atoms with van der Waals surface area (Å²) in [6, 6.07) is 17.9. The van der Waals surface area contributed by atoms with Crippen LogP contribution in [0.3, 0.4) is 0 Å². The topological polar surface area (TPSA) is 53.0 Å². The fourth-order valence-corrected chi connectivity index (χ4v) is 5.79. The maximum absolute atomic E-state index is 13.6. The molecule has 35 heavy (non-hydrogen) atoms. The van der Waals surface area contributed by atoms with E-state index in [9.17, 15) is 9.90 Å². The highest BCUT2D eigenvalue weighted by Crippen LogP contribution is 2.34. The largest absolute Gasteiger partial charge is 0.491 e. The number of rotatable bonds is 10. The number of hydrogen-bond donors (Lipinski definition) is 1. The molecule has 2 aromatic carbocycles. The van der Waals surface area contributed by atoms with Crippen LogP contribution in [0.2, 0.25) is 0 Å². The number of carbonyl (C=O) groups is 1. The highest BCUT2D eigenvalue weighted by molar-refractivity contribution is 7.10. The van der Waals surface area contributed by atoms with E-state index in [2.05, 4.69) is 49.3 Å². The van der Waals surface area contributed by atoms with Crippen molar-refractivity contribution in [3.63, 3.8) is 0 Å². The average molecular weight is 493 g/mol. The van der Waals surface area contributed by atoms with Crippen molar-refractivity contribution in [1.82, 2.24) is 9.80 Å². The molecule has 2 atom stereocenters. The average Bonchev–Trinajstić information content (AvgIpc) is 3.33. The summed E-state index contributed by atoms with van der Waals surface area (Å²) < 4.78 is 6.27. The number of amides is 1. The van der Waals surface area contributed by atoms with Gasteiger partial charge in [-0.15, -0.1) is 11.3 Å². The van der Waals surface area contributed by atoms with Gasteiger partial charge in [0.25, 0.3) is 0 Å². The number of aliphatic hydroxyl groups is 1. The van der Waals surface area contributed by atoms with Crippen molar-refractivity contribution in [1.29, 1.82) is 0 Å². The van der Waals surface area contributed by atoms with Crippen LogP contribution in [-0.4, -0.2) is 53.6 Å². The predicted molar refractivity (Wildman–Crippen MR) is 142 cm³/mol. The quantitative estimate of drug-likeness (QED) is 0.416. The molecule has 0 saturated heterocycles. The molecule has 0 fully saturated rings. The van der Waals surface area contributed by atoms with Gasteiger partial charge in [-0.25, -0.2) is 0 Å². The first-order valence-corrected chi connectivity index (χ1v) is 13.4. The van der Waals surface area contributed by atoms with Crippen LogP contribution in [0, 0.1) is 13.8 Å². The molecule has 2 heterocycles. The van der Waals surface area contributed by atoms with Crippen LogP contribution in [0.25, 0.3) is 0 Å². The standard InChI is InChI=1S/C29H36N2O3S/c1-4-14-30(18-26(32)23-8-6-5-7-9-23)19-29(33)31-15-12-28-24(13-16-35-28)25(31)20-34-27-11-10-21(2)17-22(27)3/h5-11,13,16-17,25-26,32H,4,12,14-15,18-20H2,1-3H3. The lowest BCUT2D eigenvalue weighted by Gasteiger charge is -2.37. The number of aryl methyl sites for hydroxylation is 2. The molecule has 3 aromatic rings. The molecule has 5 nitrogen and oxygen atoms in total. The van der Waals surface area contributed by atoms with Crippen molar-refractivity contribution in [3.8, 4) is 5.75 Å². The van der Waals surface area contributed by atoms with Gasteiger partial charge in [0.05, 0.1) is 18.7 Å². The predicted octanol–water partition coefficient (Wildman–Crippen LogP) is 5.32. The Morgan fingerprint density at radius 1 is 1.20 bits per heavy atom. The first kappa shape index (κ1) is 25.4. The highest BCUT2D eigenvalue weighted by Gasteiger charge is 2.33. The van der Waals surface area contributed by atoms with Gasteiger partial charge in [-0.2, -0.15) is 0 Å². The Hall–Kier alpha value is -2.67.